The van der Waals surface area contributed by atoms with Crippen LogP contribution < -0.4 is 4.74 Å². The number of carbonyl (C=O) groups excluding carboxylic acids is 1. The average Bonchev–Trinajstić information content (AvgIpc) is 3.00. The van der Waals surface area contributed by atoms with Crippen LogP contribution in [0.2, 0.25) is 0 Å². The molecule has 1 aliphatic heterocycles. The second-order valence-corrected chi connectivity index (χ2v) is 7.88. The van der Waals surface area contributed by atoms with Gasteiger partial charge in [0, 0.05) is 43.8 Å². The summed E-state index contributed by atoms with van der Waals surface area (Å²) in [6.45, 7) is 4.15. The number of ether oxygens (including phenoxy) is 1. The van der Waals surface area contributed by atoms with E-state index in [1.54, 1.807) is 29.7 Å². The molecule has 0 atom stereocenters. The molecule has 122 valence electrons. The number of rotatable bonds is 4. The summed E-state index contributed by atoms with van der Waals surface area (Å²) in [5.41, 5.74) is 0.533. The minimum atomic E-state index is -0.00605. The van der Waals surface area contributed by atoms with Gasteiger partial charge in [-0.05, 0) is 40.2 Å². The van der Waals surface area contributed by atoms with Crippen molar-refractivity contribution in [3.63, 3.8) is 0 Å². The molecule has 1 fully saturated rings. The number of nitrogens with zero attached hydrogens (tertiary/aromatic N) is 3. The monoisotopic (exact) mass is 395 g/mol. The van der Waals surface area contributed by atoms with Crippen molar-refractivity contribution >= 4 is 33.2 Å². The largest absolute Gasteiger partial charge is 0.480 e. The van der Waals surface area contributed by atoms with Crippen molar-refractivity contribution < 1.29 is 9.53 Å². The lowest BCUT2D eigenvalue weighted by Crippen LogP contribution is -2.48. The molecule has 0 saturated carbocycles. The molecule has 0 aliphatic carbocycles. The molecule has 0 spiro atoms. The van der Waals surface area contributed by atoms with Crippen LogP contribution in [0.1, 0.15) is 15.2 Å². The molecule has 0 N–H and O–H groups in total. The maximum atomic E-state index is 12.6. The fraction of sp³-hybridized carbons (Fsp3) is 0.375. The molecule has 1 amide bonds. The van der Waals surface area contributed by atoms with Crippen LogP contribution in [-0.2, 0) is 6.54 Å². The Kier molecular flexibility index (Phi) is 5.30. The molecule has 0 unspecified atom stereocenters. The summed E-state index contributed by atoms with van der Waals surface area (Å²) in [5.74, 6) is 0.386. The van der Waals surface area contributed by atoms with Crippen molar-refractivity contribution in [2.45, 2.75) is 6.54 Å². The molecule has 0 aromatic carbocycles. The number of hydrogen-bond donors (Lipinski definition) is 0. The van der Waals surface area contributed by atoms with Gasteiger partial charge in [0.25, 0.3) is 5.91 Å². The zero-order valence-electron chi connectivity index (χ0n) is 12.9. The lowest BCUT2D eigenvalue weighted by Gasteiger charge is -2.34. The summed E-state index contributed by atoms with van der Waals surface area (Å²) >= 11 is 5.25. The molecule has 2 aromatic heterocycles. The molecule has 3 heterocycles. The van der Waals surface area contributed by atoms with Crippen molar-refractivity contribution in [1.29, 1.82) is 0 Å². The number of halogens is 1. The number of pyridine rings is 1. The van der Waals surface area contributed by atoms with Crippen molar-refractivity contribution in [1.82, 2.24) is 14.8 Å². The molecule has 3 rings (SSSR count). The third-order valence-corrected chi connectivity index (χ3v) is 5.47. The quantitative estimate of drug-likeness (QED) is 0.798. The predicted molar refractivity (Wildman–Crippen MR) is 94.0 cm³/mol. The van der Waals surface area contributed by atoms with Gasteiger partial charge in [0.1, 0.15) is 5.56 Å². The van der Waals surface area contributed by atoms with Crippen LogP contribution in [0.3, 0.4) is 0 Å². The predicted octanol–water partition coefficient (Wildman–Crippen LogP) is 2.87. The van der Waals surface area contributed by atoms with E-state index in [4.69, 9.17) is 4.74 Å². The highest BCUT2D eigenvalue weighted by molar-refractivity contribution is 9.11. The third-order valence-electron chi connectivity index (χ3n) is 3.86. The van der Waals surface area contributed by atoms with Crippen LogP contribution in [0.25, 0.3) is 0 Å². The molecule has 1 saturated heterocycles. The standard InChI is InChI=1S/C16H18BrN3O2S/c1-22-15-13(3-2-6-18-15)16(21)20-9-7-19(8-10-20)11-12-4-5-14(17)23-12/h2-6H,7-11H2,1H3. The lowest BCUT2D eigenvalue weighted by molar-refractivity contribution is 0.0625. The summed E-state index contributed by atoms with van der Waals surface area (Å²) in [7, 11) is 1.54. The first kappa shape index (κ1) is 16.4. The molecular weight excluding hydrogens is 378 g/mol. The van der Waals surface area contributed by atoms with E-state index in [0.29, 0.717) is 11.4 Å². The molecule has 23 heavy (non-hydrogen) atoms. The number of aromatic nitrogens is 1. The maximum absolute atomic E-state index is 12.6. The summed E-state index contributed by atoms with van der Waals surface area (Å²) in [6, 6.07) is 7.76. The van der Waals surface area contributed by atoms with Gasteiger partial charge in [-0.25, -0.2) is 4.98 Å². The first-order valence-corrected chi connectivity index (χ1v) is 9.03. The van der Waals surface area contributed by atoms with Crippen LogP contribution >= 0.6 is 27.3 Å². The van der Waals surface area contributed by atoms with Crippen LogP contribution in [0.5, 0.6) is 5.88 Å². The molecule has 1 aliphatic rings. The van der Waals surface area contributed by atoms with Gasteiger partial charge in [0.05, 0.1) is 10.9 Å². The number of thiophene rings is 1. The third kappa shape index (κ3) is 3.91. The lowest BCUT2D eigenvalue weighted by atomic mass is 10.2. The number of carbonyl (C=O) groups is 1. The van der Waals surface area contributed by atoms with Crippen molar-refractivity contribution in [3.8, 4) is 5.88 Å². The number of methoxy groups -OCH3 is 1. The van der Waals surface area contributed by atoms with Gasteiger partial charge in [-0.1, -0.05) is 0 Å². The smallest absolute Gasteiger partial charge is 0.259 e. The highest BCUT2D eigenvalue weighted by atomic mass is 79.9. The number of piperazine rings is 1. The maximum Gasteiger partial charge on any atom is 0.259 e. The Labute approximate surface area is 148 Å². The minimum absolute atomic E-state index is 0.00605. The van der Waals surface area contributed by atoms with E-state index in [-0.39, 0.29) is 5.91 Å². The second kappa shape index (κ2) is 7.42. The van der Waals surface area contributed by atoms with Gasteiger partial charge in [0.15, 0.2) is 0 Å². The highest BCUT2D eigenvalue weighted by Gasteiger charge is 2.24. The SMILES string of the molecule is COc1ncccc1C(=O)N1CCN(Cc2ccc(Br)s2)CC1. The molecule has 2 aromatic rings. The highest BCUT2D eigenvalue weighted by Crippen LogP contribution is 2.24. The molecule has 7 heteroatoms. The summed E-state index contributed by atoms with van der Waals surface area (Å²) in [4.78, 5) is 22.3. The van der Waals surface area contributed by atoms with Gasteiger partial charge < -0.3 is 9.64 Å². The topological polar surface area (TPSA) is 45.7 Å². The molecule has 0 bridgehead atoms. The van der Waals surface area contributed by atoms with Crippen LogP contribution in [0.4, 0.5) is 0 Å². The number of hydrogen-bond acceptors (Lipinski definition) is 5. The Morgan fingerprint density at radius 3 is 2.74 bits per heavy atom. The zero-order valence-corrected chi connectivity index (χ0v) is 15.3. The number of amides is 1. The van der Waals surface area contributed by atoms with Crippen LogP contribution in [0, 0.1) is 0 Å². The van der Waals surface area contributed by atoms with E-state index in [0.717, 1.165) is 36.5 Å². The van der Waals surface area contributed by atoms with Gasteiger partial charge in [-0.2, -0.15) is 0 Å². The average molecular weight is 396 g/mol. The van der Waals surface area contributed by atoms with E-state index >= 15 is 0 Å². The van der Waals surface area contributed by atoms with Gasteiger partial charge >= 0.3 is 0 Å². The fourth-order valence-corrected chi connectivity index (χ4v) is 4.18. The second-order valence-electron chi connectivity index (χ2n) is 5.33. The van der Waals surface area contributed by atoms with Crippen LogP contribution in [0.15, 0.2) is 34.2 Å². The summed E-state index contributed by atoms with van der Waals surface area (Å²) in [6.07, 6.45) is 1.63. The fourth-order valence-electron chi connectivity index (χ4n) is 2.65. The minimum Gasteiger partial charge on any atom is -0.480 e. The Balaban J connectivity index is 1.59. The van der Waals surface area contributed by atoms with Gasteiger partial charge in [-0.3, -0.25) is 9.69 Å². The first-order chi connectivity index (χ1) is 11.2. The summed E-state index contributed by atoms with van der Waals surface area (Å²) < 4.78 is 6.35. The van der Waals surface area contributed by atoms with Crippen molar-refractivity contribution in [2.24, 2.45) is 0 Å². The van der Waals surface area contributed by atoms with Crippen LogP contribution in [-0.4, -0.2) is 54.0 Å². The first-order valence-electron chi connectivity index (χ1n) is 7.42. The van der Waals surface area contributed by atoms with E-state index < -0.39 is 0 Å². The summed E-state index contributed by atoms with van der Waals surface area (Å²) in [5, 5.41) is 0. The van der Waals surface area contributed by atoms with E-state index in [1.165, 1.54) is 12.0 Å². The Hall–Kier alpha value is -1.44. The van der Waals surface area contributed by atoms with Crippen molar-refractivity contribution in [3.05, 3.63) is 44.7 Å². The van der Waals surface area contributed by atoms with Crippen molar-refractivity contribution in [2.75, 3.05) is 33.3 Å². The van der Waals surface area contributed by atoms with E-state index in [2.05, 4.69) is 37.9 Å². The normalized spacial score (nSPS) is 15.7. The van der Waals surface area contributed by atoms with E-state index in [1.807, 2.05) is 4.90 Å². The molecule has 5 nitrogen and oxygen atoms in total. The molecule has 0 radical (unpaired) electrons. The Morgan fingerprint density at radius 1 is 1.30 bits per heavy atom. The molecular formula is C16H18BrN3O2S. The van der Waals surface area contributed by atoms with Gasteiger partial charge in [0.2, 0.25) is 5.88 Å². The Bertz CT molecular complexity index is 683. The zero-order chi connectivity index (χ0) is 16.2. The van der Waals surface area contributed by atoms with Gasteiger partial charge in [-0.15, -0.1) is 11.3 Å². The van der Waals surface area contributed by atoms with E-state index in [9.17, 15) is 4.79 Å². The Morgan fingerprint density at radius 2 is 2.09 bits per heavy atom.